The fourth-order valence-electron chi connectivity index (χ4n) is 3.59. The topological polar surface area (TPSA) is 58.6 Å². The Labute approximate surface area is 191 Å². The van der Waals surface area contributed by atoms with Crippen molar-refractivity contribution in [3.05, 3.63) is 63.9 Å². The van der Waals surface area contributed by atoms with Crippen LogP contribution in [0.15, 0.2) is 42.5 Å². The number of halogens is 3. The number of carbonyl (C=O) groups excluding carboxylic acids is 2. The Morgan fingerprint density at radius 1 is 1.13 bits per heavy atom. The maximum absolute atomic E-state index is 13.1. The molecule has 1 N–H and O–H groups in total. The number of carbonyl (C=O) groups is 2. The molecule has 2 aromatic rings. The number of ether oxygens (including phenoxy) is 1. The molecular formula is C23H25Cl2FN2O3. The molecule has 31 heavy (non-hydrogen) atoms. The quantitative estimate of drug-likeness (QED) is 0.596. The first-order valence-electron chi connectivity index (χ1n) is 10.3. The smallest absolute Gasteiger partial charge is 0.261 e. The van der Waals surface area contributed by atoms with Crippen LogP contribution in [0.3, 0.4) is 0 Å². The Morgan fingerprint density at radius 3 is 2.35 bits per heavy atom. The summed E-state index contributed by atoms with van der Waals surface area (Å²) in [6.45, 7) is 1.42. The van der Waals surface area contributed by atoms with Crippen molar-refractivity contribution in [3.8, 4) is 5.75 Å². The molecule has 1 aliphatic carbocycles. The van der Waals surface area contributed by atoms with E-state index in [0.717, 1.165) is 25.7 Å². The van der Waals surface area contributed by atoms with Gasteiger partial charge in [0.15, 0.2) is 6.61 Å². The fourth-order valence-corrected chi connectivity index (χ4v) is 4.10. The Hall–Kier alpha value is -2.31. The zero-order valence-corrected chi connectivity index (χ0v) is 18.8. The number of amides is 2. The molecule has 2 amide bonds. The van der Waals surface area contributed by atoms with Gasteiger partial charge < -0.3 is 15.0 Å². The van der Waals surface area contributed by atoms with E-state index in [1.807, 2.05) is 0 Å². The van der Waals surface area contributed by atoms with Crippen LogP contribution in [-0.4, -0.2) is 35.4 Å². The van der Waals surface area contributed by atoms with Crippen LogP contribution < -0.4 is 10.1 Å². The van der Waals surface area contributed by atoms with Gasteiger partial charge in [-0.1, -0.05) is 42.1 Å². The first-order valence-corrected chi connectivity index (χ1v) is 11.0. The third-order valence-electron chi connectivity index (χ3n) is 5.43. The molecule has 1 atom stereocenters. The van der Waals surface area contributed by atoms with E-state index in [1.54, 1.807) is 25.1 Å². The van der Waals surface area contributed by atoms with Crippen LogP contribution in [0.1, 0.15) is 38.2 Å². The van der Waals surface area contributed by atoms with Crippen molar-refractivity contribution in [2.24, 2.45) is 0 Å². The lowest BCUT2D eigenvalue weighted by molar-refractivity contribution is -0.142. The third-order valence-corrected chi connectivity index (χ3v) is 6.14. The fraction of sp³-hybridized carbons (Fsp3) is 0.391. The summed E-state index contributed by atoms with van der Waals surface area (Å²) >= 11 is 12.6. The maximum Gasteiger partial charge on any atom is 0.261 e. The molecule has 1 aliphatic rings. The minimum Gasteiger partial charge on any atom is -0.484 e. The molecule has 0 spiro atoms. The third kappa shape index (κ3) is 6.34. The highest BCUT2D eigenvalue weighted by Gasteiger charge is 2.29. The molecule has 8 heteroatoms. The van der Waals surface area contributed by atoms with Gasteiger partial charge in [-0.25, -0.2) is 4.39 Å². The number of hydrogen-bond acceptors (Lipinski definition) is 3. The summed E-state index contributed by atoms with van der Waals surface area (Å²) in [4.78, 5) is 27.3. The van der Waals surface area contributed by atoms with Crippen LogP contribution in [0.4, 0.5) is 4.39 Å². The first-order chi connectivity index (χ1) is 14.8. The van der Waals surface area contributed by atoms with Crippen molar-refractivity contribution < 1.29 is 18.7 Å². The summed E-state index contributed by atoms with van der Waals surface area (Å²) in [7, 11) is 0. The van der Waals surface area contributed by atoms with Gasteiger partial charge in [-0.15, -0.1) is 0 Å². The Bertz CT molecular complexity index is 897. The van der Waals surface area contributed by atoms with E-state index in [9.17, 15) is 14.0 Å². The van der Waals surface area contributed by atoms with Crippen molar-refractivity contribution in [1.29, 1.82) is 0 Å². The summed E-state index contributed by atoms with van der Waals surface area (Å²) in [6.07, 6.45) is 4.05. The lowest BCUT2D eigenvalue weighted by Gasteiger charge is -2.30. The normalized spacial score (nSPS) is 14.8. The number of nitrogens with zero attached hydrogens (tertiary/aromatic N) is 1. The predicted octanol–water partition coefficient (Wildman–Crippen LogP) is 4.99. The minimum atomic E-state index is -0.753. The average molecular weight is 467 g/mol. The van der Waals surface area contributed by atoms with E-state index in [4.69, 9.17) is 27.9 Å². The van der Waals surface area contributed by atoms with Crippen molar-refractivity contribution in [2.75, 3.05) is 6.61 Å². The number of nitrogens with one attached hydrogen (secondary N) is 1. The SMILES string of the molecule is CC(C(=O)NC1CCCC1)N(Cc1c(Cl)cccc1Cl)C(=O)COc1ccc(F)cc1. The molecule has 2 aromatic carbocycles. The van der Waals surface area contributed by atoms with Crippen LogP contribution in [0.2, 0.25) is 10.0 Å². The van der Waals surface area contributed by atoms with Crippen LogP contribution in [-0.2, 0) is 16.1 Å². The van der Waals surface area contributed by atoms with Gasteiger partial charge in [0.05, 0.1) is 0 Å². The Balaban J connectivity index is 1.75. The Kier molecular flexibility index (Phi) is 8.15. The van der Waals surface area contributed by atoms with Crippen LogP contribution in [0, 0.1) is 5.82 Å². The molecule has 1 saturated carbocycles. The van der Waals surface area contributed by atoms with Gasteiger partial charge in [-0.3, -0.25) is 9.59 Å². The zero-order valence-electron chi connectivity index (χ0n) is 17.2. The largest absolute Gasteiger partial charge is 0.484 e. The van der Waals surface area contributed by atoms with Crippen molar-refractivity contribution in [2.45, 2.75) is 51.2 Å². The Morgan fingerprint density at radius 2 is 1.74 bits per heavy atom. The van der Waals surface area contributed by atoms with Gasteiger partial charge in [-0.2, -0.15) is 0 Å². The van der Waals surface area contributed by atoms with E-state index in [0.29, 0.717) is 21.4 Å². The van der Waals surface area contributed by atoms with E-state index in [-0.39, 0.29) is 25.1 Å². The van der Waals surface area contributed by atoms with Crippen LogP contribution in [0.25, 0.3) is 0 Å². The standard InChI is InChI=1S/C23H25Cl2FN2O3/c1-15(23(30)27-17-5-2-3-6-17)28(13-19-20(24)7-4-8-21(19)25)22(29)14-31-18-11-9-16(26)10-12-18/h4,7-12,15,17H,2-3,5-6,13-14H2,1H3,(H,27,30). The van der Waals surface area contributed by atoms with E-state index in [2.05, 4.69) is 5.32 Å². The number of rotatable bonds is 8. The second-order valence-corrected chi connectivity index (χ2v) is 8.44. The van der Waals surface area contributed by atoms with Gasteiger partial charge in [0.1, 0.15) is 17.6 Å². The summed E-state index contributed by atoms with van der Waals surface area (Å²) in [5.74, 6) is -0.681. The molecule has 0 saturated heterocycles. The summed E-state index contributed by atoms with van der Waals surface area (Å²) < 4.78 is 18.6. The van der Waals surface area contributed by atoms with E-state index < -0.39 is 17.8 Å². The van der Waals surface area contributed by atoms with E-state index in [1.165, 1.54) is 29.2 Å². The first kappa shape index (κ1) is 23.4. The number of hydrogen-bond donors (Lipinski definition) is 1. The summed E-state index contributed by atoms with van der Waals surface area (Å²) in [5, 5.41) is 3.85. The average Bonchev–Trinajstić information content (AvgIpc) is 3.25. The monoisotopic (exact) mass is 466 g/mol. The zero-order chi connectivity index (χ0) is 22.4. The lowest BCUT2D eigenvalue weighted by Crippen LogP contribution is -2.50. The highest BCUT2D eigenvalue weighted by molar-refractivity contribution is 6.36. The van der Waals surface area contributed by atoms with Gasteiger partial charge in [0.2, 0.25) is 5.91 Å². The minimum absolute atomic E-state index is 0.0589. The number of benzene rings is 2. The maximum atomic E-state index is 13.1. The predicted molar refractivity (Wildman–Crippen MR) is 119 cm³/mol. The summed E-state index contributed by atoms with van der Waals surface area (Å²) in [6, 6.07) is 9.84. The van der Waals surface area contributed by atoms with E-state index >= 15 is 0 Å². The van der Waals surface area contributed by atoms with Crippen molar-refractivity contribution in [3.63, 3.8) is 0 Å². The molecule has 0 aromatic heterocycles. The summed E-state index contributed by atoms with van der Waals surface area (Å²) in [5.41, 5.74) is 0.557. The second-order valence-electron chi connectivity index (χ2n) is 7.63. The van der Waals surface area contributed by atoms with Gasteiger partial charge >= 0.3 is 0 Å². The molecular weight excluding hydrogens is 442 g/mol. The molecule has 0 aliphatic heterocycles. The van der Waals surface area contributed by atoms with Crippen LogP contribution >= 0.6 is 23.2 Å². The van der Waals surface area contributed by atoms with Crippen molar-refractivity contribution in [1.82, 2.24) is 10.2 Å². The molecule has 1 fully saturated rings. The van der Waals surface area contributed by atoms with Gasteiger partial charge in [0, 0.05) is 28.2 Å². The molecule has 166 valence electrons. The second kappa shape index (κ2) is 10.8. The molecule has 1 unspecified atom stereocenters. The molecule has 0 radical (unpaired) electrons. The highest BCUT2D eigenvalue weighted by Crippen LogP contribution is 2.27. The van der Waals surface area contributed by atoms with Crippen molar-refractivity contribution >= 4 is 35.0 Å². The molecule has 0 heterocycles. The molecule has 5 nitrogen and oxygen atoms in total. The molecule has 0 bridgehead atoms. The van der Waals surface area contributed by atoms with Gasteiger partial charge in [-0.05, 0) is 56.2 Å². The lowest BCUT2D eigenvalue weighted by atomic mass is 10.1. The highest BCUT2D eigenvalue weighted by atomic mass is 35.5. The van der Waals surface area contributed by atoms with Gasteiger partial charge in [0.25, 0.3) is 5.91 Å². The van der Waals surface area contributed by atoms with Crippen LogP contribution in [0.5, 0.6) is 5.75 Å². The molecule has 3 rings (SSSR count).